The number of hydrogen-bond donors (Lipinski definition) is 1. The van der Waals surface area contributed by atoms with Crippen LogP contribution in [0.2, 0.25) is 0 Å². The van der Waals surface area contributed by atoms with E-state index in [1.165, 1.54) is 24.3 Å². The van der Waals surface area contributed by atoms with Crippen molar-refractivity contribution >= 4 is 10.0 Å². The summed E-state index contributed by atoms with van der Waals surface area (Å²) in [5.41, 5.74) is 0.634. The first kappa shape index (κ1) is 16.5. The Morgan fingerprint density at radius 2 is 1.85 bits per heavy atom. The number of benzene rings is 1. The fourth-order valence-corrected chi connectivity index (χ4v) is 2.84. The molecular formula is C12H13F3N2O2S. The average molecular weight is 306 g/mol. The highest BCUT2D eigenvalue weighted by molar-refractivity contribution is 7.89. The zero-order valence-corrected chi connectivity index (χ0v) is 11.4. The third-order valence-electron chi connectivity index (χ3n) is 2.41. The fourth-order valence-electron chi connectivity index (χ4n) is 1.60. The van der Waals surface area contributed by atoms with Crippen molar-refractivity contribution in [1.29, 1.82) is 5.26 Å². The van der Waals surface area contributed by atoms with Gasteiger partial charge in [-0.15, -0.1) is 0 Å². The number of nitriles is 1. The van der Waals surface area contributed by atoms with Crippen LogP contribution < -0.4 is 4.72 Å². The molecular weight excluding hydrogens is 293 g/mol. The Hall–Kier alpha value is -1.59. The first-order valence-electron chi connectivity index (χ1n) is 5.69. The van der Waals surface area contributed by atoms with E-state index in [-0.39, 0.29) is 11.3 Å². The zero-order valence-electron chi connectivity index (χ0n) is 10.6. The van der Waals surface area contributed by atoms with Gasteiger partial charge in [-0.2, -0.15) is 18.4 Å². The van der Waals surface area contributed by atoms with Crippen molar-refractivity contribution < 1.29 is 21.6 Å². The second-order valence-corrected chi connectivity index (χ2v) is 6.03. The van der Waals surface area contributed by atoms with Gasteiger partial charge in [-0.3, -0.25) is 0 Å². The second kappa shape index (κ2) is 6.24. The lowest BCUT2D eigenvalue weighted by Gasteiger charge is -2.16. The van der Waals surface area contributed by atoms with Crippen LogP contribution >= 0.6 is 0 Å². The number of hydrogen-bond acceptors (Lipinski definition) is 3. The standard InChI is InChI=1S/C12H13F3N2O2S/c1-9(8-12(13,14)15)17-20(18,19)11-4-2-10(3-5-11)6-7-16/h2-5,9,17H,6,8H2,1H3. The molecule has 1 rings (SSSR count). The number of halogens is 3. The molecule has 1 N–H and O–H groups in total. The Balaban J connectivity index is 2.81. The molecule has 0 spiro atoms. The SMILES string of the molecule is CC(CC(F)(F)F)NS(=O)(=O)c1ccc(CC#N)cc1. The largest absolute Gasteiger partial charge is 0.390 e. The third-order valence-corrected chi connectivity index (χ3v) is 4.02. The van der Waals surface area contributed by atoms with Gasteiger partial charge in [-0.05, 0) is 24.6 Å². The van der Waals surface area contributed by atoms with Crippen LogP contribution in [0.1, 0.15) is 18.9 Å². The lowest BCUT2D eigenvalue weighted by molar-refractivity contribution is -0.137. The summed E-state index contributed by atoms with van der Waals surface area (Å²) < 4.78 is 62.1. The lowest BCUT2D eigenvalue weighted by Crippen LogP contribution is -2.35. The van der Waals surface area contributed by atoms with Crippen LogP contribution in [-0.2, 0) is 16.4 Å². The van der Waals surface area contributed by atoms with E-state index in [0.717, 1.165) is 6.92 Å². The molecule has 110 valence electrons. The van der Waals surface area contributed by atoms with Crippen LogP contribution in [0.3, 0.4) is 0 Å². The van der Waals surface area contributed by atoms with Gasteiger partial charge in [0.05, 0.1) is 23.8 Å². The molecule has 1 aromatic carbocycles. The molecule has 0 aliphatic carbocycles. The van der Waals surface area contributed by atoms with Gasteiger partial charge in [0.25, 0.3) is 0 Å². The molecule has 1 atom stereocenters. The van der Waals surface area contributed by atoms with Crippen molar-refractivity contribution in [1.82, 2.24) is 4.72 Å². The first-order chi connectivity index (χ1) is 9.14. The van der Waals surface area contributed by atoms with E-state index in [2.05, 4.69) is 0 Å². The van der Waals surface area contributed by atoms with Crippen molar-refractivity contribution in [2.45, 2.75) is 36.9 Å². The van der Waals surface area contributed by atoms with E-state index < -0.39 is 28.7 Å². The molecule has 0 saturated carbocycles. The minimum atomic E-state index is -4.43. The number of nitrogens with zero attached hydrogens (tertiary/aromatic N) is 1. The zero-order chi connectivity index (χ0) is 15.4. The smallest absolute Gasteiger partial charge is 0.208 e. The van der Waals surface area contributed by atoms with Gasteiger partial charge in [0, 0.05) is 6.04 Å². The minimum Gasteiger partial charge on any atom is -0.208 e. The summed E-state index contributed by atoms with van der Waals surface area (Å²) in [5.74, 6) is 0. The van der Waals surface area contributed by atoms with E-state index >= 15 is 0 Å². The summed E-state index contributed by atoms with van der Waals surface area (Å²) in [7, 11) is -4.00. The van der Waals surface area contributed by atoms with Crippen LogP contribution in [-0.4, -0.2) is 20.6 Å². The molecule has 0 fully saturated rings. The number of nitrogens with one attached hydrogen (secondary N) is 1. The quantitative estimate of drug-likeness (QED) is 0.908. The molecule has 0 bridgehead atoms. The van der Waals surface area contributed by atoms with Gasteiger partial charge in [-0.1, -0.05) is 12.1 Å². The molecule has 0 aliphatic rings. The Morgan fingerprint density at radius 1 is 1.30 bits per heavy atom. The van der Waals surface area contributed by atoms with E-state index in [1.807, 2.05) is 10.8 Å². The lowest BCUT2D eigenvalue weighted by atomic mass is 10.2. The molecule has 0 heterocycles. The van der Waals surface area contributed by atoms with Crippen LogP contribution in [0.15, 0.2) is 29.2 Å². The molecule has 0 aromatic heterocycles. The maximum atomic E-state index is 12.2. The topological polar surface area (TPSA) is 70.0 Å². The monoisotopic (exact) mass is 306 g/mol. The summed E-state index contributed by atoms with van der Waals surface area (Å²) >= 11 is 0. The van der Waals surface area contributed by atoms with Crippen molar-refractivity contribution in [3.63, 3.8) is 0 Å². The number of alkyl halides is 3. The summed E-state index contributed by atoms with van der Waals surface area (Å²) in [6.07, 6.45) is -5.53. The van der Waals surface area contributed by atoms with E-state index in [0.29, 0.717) is 5.56 Å². The number of rotatable bonds is 5. The number of sulfonamides is 1. The molecule has 8 heteroatoms. The maximum Gasteiger partial charge on any atom is 0.390 e. The van der Waals surface area contributed by atoms with Crippen molar-refractivity contribution in [3.05, 3.63) is 29.8 Å². The molecule has 1 unspecified atom stereocenters. The van der Waals surface area contributed by atoms with Gasteiger partial charge in [0.15, 0.2) is 0 Å². The average Bonchev–Trinajstić information content (AvgIpc) is 2.26. The summed E-state index contributed by atoms with van der Waals surface area (Å²) in [5, 5.41) is 8.49. The Kier molecular flexibility index (Phi) is 5.14. The molecule has 4 nitrogen and oxygen atoms in total. The van der Waals surface area contributed by atoms with Gasteiger partial charge < -0.3 is 0 Å². The maximum absolute atomic E-state index is 12.2. The van der Waals surface area contributed by atoms with E-state index in [4.69, 9.17) is 5.26 Å². The van der Waals surface area contributed by atoms with E-state index in [9.17, 15) is 21.6 Å². The minimum absolute atomic E-state index is 0.131. The van der Waals surface area contributed by atoms with Crippen molar-refractivity contribution in [2.24, 2.45) is 0 Å². The predicted octanol–water partition coefficient (Wildman–Crippen LogP) is 2.37. The van der Waals surface area contributed by atoms with Crippen LogP contribution in [0, 0.1) is 11.3 Å². The Bertz CT molecular complexity index is 589. The normalized spacial score (nSPS) is 13.8. The molecule has 20 heavy (non-hydrogen) atoms. The first-order valence-corrected chi connectivity index (χ1v) is 7.17. The predicted molar refractivity (Wildman–Crippen MR) is 66.2 cm³/mol. The molecule has 0 radical (unpaired) electrons. The molecule has 0 saturated heterocycles. The van der Waals surface area contributed by atoms with Gasteiger partial charge >= 0.3 is 6.18 Å². The fraction of sp³-hybridized carbons (Fsp3) is 0.417. The second-order valence-electron chi connectivity index (χ2n) is 4.32. The van der Waals surface area contributed by atoms with Gasteiger partial charge in [0.1, 0.15) is 0 Å². The highest BCUT2D eigenvalue weighted by Gasteiger charge is 2.31. The van der Waals surface area contributed by atoms with Crippen LogP contribution in [0.4, 0.5) is 13.2 Å². The highest BCUT2D eigenvalue weighted by atomic mass is 32.2. The highest BCUT2D eigenvalue weighted by Crippen LogP contribution is 2.22. The summed E-state index contributed by atoms with van der Waals surface area (Å²) in [4.78, 5) is -0.131. The Labute approximate surface area is 115 Å². The molecule has 0 amide bonds. The molecule has 0 aliphatic heterocycles. The van der Waals surface area contributed by atoms with Crippen molar-refractivity contribution in [3.8, 4) is 6.07 Å². The van der Waals surface area contributed by atoms with Gasteiger partial charge in [-0.25, -0.2) is 13.1 Å². The van der Waals surface area contributed by atoms with Crippen LogP contribution in [0.25, 0.3) is 0 Å². The van der Waals surface area contributed by atoms with Gasteiger partial charge in [0.2, 0.25) is 10.0 Å². The molecule has 1 aromatic rings. The van der Waals surface area contributed by atoms with Crippen LogP contribution in [0.5, 0.6) is 0 Å². The summed E-state index contributed by atoms with van der Waals surface area (Å²) in [6.45, 7) is 1.15. The van der Waals surface area contributed by atoms with E-state index in [1.54, 1.807) is 0 Å². The Morgan fingerprint density at radius 3 is 2.30 bits per heavy atom. The summed E-state index contributed by atoms with van der Waals surface area (Å²) in [6, 6.07) is 6.08. The van der Waals surface area contributed by atoms with Crippen molar-refractivity contribution in [2.75, 3.05) is 0 Å². The third kappa shape index (κ3) is 5.19.